The lowest BCUT2D eigenvalue weighted by Gasteiger charge is -2.19. The molecule has 0 unspecified atom stereocenters. The van der Waals surface area contributed by atoms with Gasteiger partial charge in [-0.15, -0.1) is 0 Å². The Morgan fingerprint density at radius 1 is 1.30 bits per heavy atom. The predicted octanol–water partition coefficient (Wildman–Crippen LogP) is 4.03. The van der Waals surface area contributed by atoms with Gasteiger partial charge in [-0.3, -0.25) is 4.79 Å². The maximum atomic E-state index is 12.0. The summed E-state index contributed by atoms with van der Waals surface area (Å²) in [5, 5.41) is 3.69. The number of ether oxygens (including phenoxy) is 1. The second kappa shape index (κ2) is 7.53. The monoisotopic (exact) mass is 297 g/mol. The van der Waals surface area contributed by atoms with Crippen molar-refractivity contribution in [2.24, 2.45) is 0 Å². The van der Waals surface area contributed by atoms with Crippen molar-refractivity contribution >= 4 is 17.5 Å². The van der Waals surface area contributed by atoms with E-state index >= 15 is 0 Å². The number of hydrogen-bond acceptors (Lipinski definition) is 2. The zero-order chi connectivity index (χ0) is 15.3. The summed E-state index contributed by atoms with van der Waals surface area (Å²) in [7, 11) is 0. The zero-order valence-corrected chi connectivity index (χ0v) is 13.7. The molecule has 0 spiro atoms. The fourth-order valence-electron chi connectivity index (χ4n) is 2.10. The minimum absolute atomic E-state index is 0.0868. The minimum Gasteiger partial charge on any atom is -0.481 e. The number of hydrogen-bond donors (Lipinski definition) is 1. The van der Waals surface area contributed by atoms with Gasteiger partial charge in [0.05, 0.1) is 0 Å². The first-order valence-corrected chi connectivity index (χ1v) is 7.46. The second-order valence-corrected chi connectivity index (χ2v) is 5.71. The molecule has 1 aromatic rings. The van der Waals surface area contributed by atoms with Gasteiger partial charge in [0.1, 0.15) is 5.75 Å². The van der Waals surface area contributed by atoms with Crippen molar-refractivity contribution < 1.29 is 9.53 Å². The largest absolute Gasteiger partial charge is 0.481 e. The standard InChI is InChI=1S/C16H24ClNO2/c1-6-7-12(4)18-16(19)13(5)20-14-8-10(2)15(17)11(3)9-14/h8-9,12-13H,6-7H2,1-5H3,(H,18,19)/t12-,13+/m0/s1. The molecule has 1 amide bonds. The van der Waals surface area contributed by atoms with Crippen LogP contribution in [0.2, 0.25) is 5.02 Å². The third-order valence-electron chi connectivity index (χ3n) is 3.20. The number of rotatable bonds is 6. The predicted molar refractivity (Wildman–Crippen MR) is 83.5 cm³/mol. The highest BCUT2D eigenvalue weighted by Gasteiger charge is 2.17. The maximum Gasteiger partial charge on any atom is 0.260 e. The van der Waals surface area contributed by atoms with E-state index in [4.69, 9.17) is 16.3 Å². The van der Waals surface area contributed by atoms with Crippen LogP contribution in [0.15, 0.2) is 12.1 Å². The van der Waals surface area contributed by atoms with Crippen LogP contribution in [0.4, 0.5) is 0 Å². The molecule has 0 bridgehead atoms. The second-order valence-electron chi connectivity index (χ2n) is 5.33. The van der Waals surface area contributed by atoms with Crippen LogP contribution in [0.5, 0.6) is 5.75 Å². The first kappa shape index (κ1) is 16.8. The summed E-state index contributed by atoms with van der Waals surface area (Å²) in [6.07, 6.45) is 1.50. The van der Waals surface area contributed by atoms with Gasteiger partial charge in [-0.05, 0) is 57.4 Å². The maximum absolute atomic E-state index is 12.0. The fourth-order valence-corrected chi connectivity index (χ4v) is 2.21. The number of carbonyl (C=O) groups is 1. The van der Waals surface area contributed by atoms with Crippen molar-refractivity contribution in [2.75, 3.05) is 0 Å². The van der Waals surface area contributed by atoms with Gasteiger partial charge >= 0.3 is 0 Å². The molecule has 0 radical (unpaired) electrons. The Bertz CT molecular complexity index is 451. The third kappa shape index (κ3) is 4.71. The quantitative estimate of drug-likeness (QED) is 0.861. The third-order valence-corrected chi connectivity index (χ3v) is 3.80. The van der Waals surface area contributed by atoms with E-state index in [1.807, 2.05) is 32.9 Å². The Morgan fingerprint density at radius 3 is 2.35 bits per heavy atom. The normalized spacial score (nSPS) is 13.7. The molecule has 0 aliphatic heterocycles. The molecule has 0 saturated carbocycles. The Kier molecular flexibility index (Phi) is 6.34. The minimum atomic E-state index is -0.519. The van der Waals surface area contributed by atoms with E-state index in [0.29, 0.717) is 5.75 Å². The highest BCUT2D eigenvalue weighted by molar-refractivity contribution is 6.32. The molecule has 1 aromatic carbocycles. The topological polar surface area (TPSA) is 38.3 Å². The van der Waals surface area contributed by atoms with E-state index in [2.05, 4.69) is 12.2 Å². The van der Waals surface area contributed by atoms with Crippen molar-refractivity contribution in [1.82, 2.24) is 5.32 Å². The van der Waals surface area contributed by atoms with E-state index in [-0.39, 0.29) is 11.9 Å². The molecule has 3 nitrogen and oxygen atoms in total. The number of benzene rings is 1. The summed E-state index contributed by atoms with van der Waals surface area (Å²) >= 11 is 6.12. The van der Waals surface area contributed by atoms with Gasteiger partial charge in [0.15, 0.2) is 6.10 Å². The Hall–Kier alpha value is -1.22. The number of carbonyl (C=O) groups excluding carboxylic acids is 1. The Balaban J connectivity index is 2.66. The highest BCUT2D eigenvalue weighted by Crippen LogP contribution is 2.26. The molecule has 2 atom stereocenters. The highest BCUT2D eigenvalue weighted by atomic mass is 35.5. The van der Waals surface area contributed by atoms with Gasteiger partial charge in [0.2, 0.25) is 0 Å². The van der Waals surface area contributed by atoms with Crippen LogP contribution < -0.4 is 10.1 Å². The SMILES string of the molecule is CCC[C@H](C)NC(=O)[C@@H](C)Oc1cc(C)c(Cl)c(C)c1. The van der Waals surface area contributed by atoms with E-state index < -0.39 is 6.10 Å². The van der Waals surface area contributed by atoms with Crippen LogP contribution in [0.1, 0.15) is 44.7 Å². The lowest BCUT2D eigenvalue weighted by molar-refractivity contribution is -0.127. The van der Waals surface area contributed by atoms with Gasteiger partial charge in [-0.25, -0.2) is 0 Å². The molecule has 0 saturated heterocycles. The van der Waals surface area contributed by atoms with Gasteiger partial charge in [0.25, 0.3) is 5.91 Å². The fraction of sp³-hybridized carbons (Fsp3) is 0.562. The lowest BCUT2D eigenvalue weighted by Crippen LogP contribution is -2.41. The van der Waals surface area contributed by atoms with Crippen LogP contribution >= 0.6 is 11.6 Å². The summed E-state index contributed by atoms with van der Waals surface area (Å²) in [6, 6.07) is 3.88. The molecule has 0 heterocycles. The molecule has 0 aliphatic rings. The van der Waals surface area contributed by atoms with Gasteiger partial charge in [0, 0.05) is 11.1 Å². The molecule has 1 rings (SSSR count). The summed E-state index contributed by atoms with van der Waals surface area (Å²) in [5.41, 5.74) is 1.90. The average molecular weight is 298 g/mol. The van der Waals surface area contributed by atoms with Crippen molar-refractivity contribution in [3.8, 4) is 5.75 Å². The van der Waals surface area contributed by atoms with Crippen LogP contribution in [0.25, 0.3) is 0 Å². The van der Waals surface area contributed by atoms with Crippen molar-refractivity contribution in [2.45, 2.75) is 59.6 Å². The Morgan fingerprint density at radius 2 is 1.85 bits per heavy atom. The van der Waals surface area contributed by atoms with Crippen LogP contribution in [0, 0.1) is 13.8 Å². The molecule has 20 heavy (non-hydrogen) atoms. The molecule has 1 N–H and O–H groups in total. The molecule has 112 valence electrons. The van der Waals surface area contributed by atoms with Crippen molar-refractivity contribution in [3.63, 3.8) is 0 Å². The zero-order valence-electron chi connectivity index (χ0n) is 12.9. The molecular weight excluding hydrogens is 274 g/mol. The molecule has 0 fully saturated rings. The van der Waals surface area contributed by atoms with Crippen LogP contribution in [0.3, 0.4) is 0 Å². The molecule has 0 aliphatic carbocycles. The van der Waals surface area contributed by atoms with E-state index in [1.165, 1.54) is 0 Å². The number of nitrogens with one attached hydrogen (secondary N) is 1. The summed E-state index contributed by atoms with van der Waals surface area (Å²) in [4.78, 5) is 12.0. The molecule has 4 heteroatoms. The van der Waals surface area contributed by atoms with Gasteiger partial charge in [-0.1, -0.05) is 24.9 Å². The first-order chi connectivity index (χ1) is 9.35. The van der Waals surface area contributed by atoms with Gasteiger partial charge in [-0.2, -0.15) is 0 Å². The smallest absolute Gasteiger partial charge is 0.260 e. The van der Waals surface area contributed by atoms with E-state index in [1.54, 1.807) is 6.92 Å². The number of halogens is 1. The average Bonchev–Trinajstić information content (AvgIpc) is 2.35. The molecular formula is C16H24ClNO2. The summed E-state index contributed by atoms with van der Waals surface area (Å²) in [6.45, 7) is 9.71. The summed E-state index contributed by atoms with van der Waals surface area (Å²) in [5.74, 6) is 0.589. The van der Waals surface area contributed by atoms with E-state index in [0.717, 1.165) is 29.0 Å². The van der Waals surface area contributed by atoms with Crippen LogP contribution in [-0.2, 0) is 4.79 Å². The van der Waals surface area contributed by atoms with Crippen molar-refractivity contribution in [3.05, 3.63) is 28.3 Å². The summed E-state index contributed by atoms with van der Waals surface area (Å²) < 4.78 is 5.70. The molecule has 0 aromatic heterocycles. The van der Waals surface area contributed by atoms with Crippen LogP contribution in [-0.4, -0.2) is 18.1 Å². The first-order valence-electron chi connectivity index (χ1n) is 7.09. The van der Waals surface area contributed by atoms with E-state index in [9.17, 15) is 4.79 Å². The lowest BCUT2D eigenvalue weighted by atomic mass is 10.1. The van der Waals surface area contributed by atoms with Crippen molar-refractivity contribution in [1.29, 1.82) is 0 Å². The number of aryl methyl sites for hydroxylation is 2. The van der Waals surface area contributed by atoms with Gasteiger partial charge < -0.3 is 10.1 Å². The number of amides is 1. The Labute approximate surface area is 126 Å².